The Morgan fingerprint density at radius 3 is 2.66 bits per heavy atom. The van der Waals surface area contributed by atoms with Crippen LogP contribution >= 0.6 is 0 Å². The van der Waals surface area contributed by atoms with Gasteiger partial charge in [-0.2, -0.15) is 0 Å². The molecule has 1 N–H and O–H groups in total. The predicted octanol–water partition coefficient (Wildman–Crippen LogP) is 2.28. The minimum atomic E-state index is -0.697. The van der Waals surface area contributed by atoms with E-state index in [1.54, 1.807) is 16.5 Å². The average Bonchev–Trinajstić information content (AvgIpc) is 3.35. The van der Waals surface area contributed by atoms with Gasteiger partial charge in [-0.1, -0.05) is 12.1 Å². The van der Waals surface area contributed by atoms with Gasteiger partial charge in [-0.3, -0.25) is 24.0 Å². The molecule has 1 aromatic carbocycles. The van der Waals surface area contributed by atoms with Crippen molar-refractivity contribution in [2.24, 2.45) is 7.05 Å². The lowest BCUT2D eigenvalue weighted by molar-refractivity contribution is -0.135. The lowest BCUT2D eigenvalue weighted by Gasteiger charge is -2.24. The summed E-state index contributed by atoms with van der Waals surface area (Å²) in [4.78, 5) is 50.9. The minimum Gasteiger partial charge on any atom is -0.444 e. The first-order valence-corrected chi connectivity index (χ1v) is 12.2. The largest absolute Gasteiger partial charge is 0.444 e. The molecule has 1 unspecified atom stereocenters. The lowest BCUT2D eigenvalue weighted by Crippen LogP contribution is -2.44. The molecule has 1 aromatic heterocycles. The van der Waals surface area contributed by atoms with Gasteiger partial charge in [-0.25, -0.2) is 9.59 Å². The van der Waals surface area contributed by atoms with Gasteiger partial charge in [0.15, 0.2) is 0 Å². The molecule has 0 aliphatic carbocycles. The van der Waals surface area contributed by atoms with E-state index in [0.717, 1.165) is 23.9 Å². The molecule has 0 saturated carbocycles. The Bertz CT molecular complexity index is 1190. The molecule has 10 nitrogen and oxygen atoms in total. The zero-order valence-electron chi connectivity index (χ0n) is 20.8. The number of aromatic nitrogens is 2. The van der Waals surface area contributed by atoms with E-state index in [9.17, 15) is 19.2 Å². The van der Waals surface area contributed by atoms with Crippen LogP contribution in [0.25, 0.3) is 11.0 Å². The van der Waals surface area contributed by atoms with Gasteiger partial charge in [0.2, 0.25) is 11.8 Å². The summed E-state index contributed by atoms with van der Waals surface area (Å²) < 4.78 is 14.5. The van der Waals surface area contributed by atoms with E-state index in [1.807, 2.05) is 39.0 Å². The maximum atomic E-state index is 13.0. The number of imidazole rings is 1. The van der Waals surface area contributed by atoms with Crippen LogP contribution in [0.1, 0.15) is 58.1 Å². The maximum absolute atomic E-state index is 13.0. The number of hydrogen-bond donors (Lipinski definition) is 1. The number of rotatable bonds is 6. The monoisotopic (exact) mass is 486 g/mol. The number of fused-ring (bicyclic) bond motifs is 1. The summed E-state index contributed by atoms with van der Waals surface area (Å²) in [6, 6.07) is 5.01. The zero-order valence-corrected chi connectivity index (χ0v) is 20.8. The number of nitrogens with zero attached hydrogens (tertiary/aromatic N) is 3. The fraction of sp³-hybridized carbons (Fsp3) is 0.600. The maximum Gasteiger partial charge on any atom is 0.410 e. The number of carbonyl (C=O) groups excluding carboxylic acids is 3. The highest BCUT2D eigenvalue weighted by molar-refractivity contribution is 6.00. The molecule has 0 spiro atoms. The van der Waals surface area contributed by atoms with Gasteiger partial charge in [0.1, 0.15) is 11.6 Å². The Kier molecular flexibility index (Phi) is 7.02. The number of ether oxygens (including phenoxy) is 2. The number of para-hydroxylation sites is 1. The van der Waals surface area contributed by atoms with Gasteiger partial charge in [-0.15, -0.1) is 0 Å². The second kappa shape index (κ2) is 9.85. The molecule has 2 saturated heterocycles. The third kappa shape index (κ3) is 5.42. The number of imide groups is 1. The quantitative estimate of drug-likeness (QED) is 0.495. The molecule has 190 valence electrons. The van der Waals surface area contributed by atoms with Gasteiger partial charge in [0.05, 0.1) is 23.7 Å². The SMILES string of the molecule is Cn1c(=O)n(C2CCC(=O)NC2=O)c2cccc(CCCO[C@@H]3CCN(C(=O)OC(C)(C)C)C3)c21. The summed E-state index contributed by atoms with van der Waals surface area (Å²) in [6.07, 6.45) is 2.42. The van der Waals surface area contributed by atoms with Crippen molar-refractivity contribution < 1.29 is 23.9 Å². The Morgan fingerprint density at radius 2 is 1.94 bits per heavy atom. The molecule has 35 heavy (non-hydrogen) atoms. The number of benzene rings is 1. The smallest absolute Gasteiger partial charge is 0.410 e. The third-order valence-electron chi connectivity index (χ3n) is 6.45. The summed E-state index contributed by atoms with van der Waals surface area (Å²) in [5.41, 5.74) is 1.69. The van der Waals surface area contributed by atoms with Crippen LogP contribution in [-0.4, -0.2) is 63.3 Å². The van der Waals surface area contributed by atoms with Crippen molar-refractivity contribution in [3.05, 3.63) is 34.2 Å². The van der Waals surface area contributed by atoms with Gasteiger partial charge >= 0.3 is 11.8 Å². The molecule has 0 bridgehead atoms. The Balaban J connectivity index is 1.38. The molecule has 0 radical (unpaired) electrons. The van der Waals surface area contributed by atoms with Crippen LogP contribution in [0.4, 0.5) is 4.79 Å². The summed E-state index contributed by atoms with van der Waals surface area (Å²) >= 11 is 0. The number of amides is 3. The number of likely N-dealkylation sites (tertiary alicyclic amines) is 1. The fourth-order valence-electron chi connectivity index (χ4n) is 4.82. The van der Waals surface area contributed by atoms with Crippen molar-refractivity contribution in [3.8, 4) is 0 Å². The van der Waals surface area contributed by atoms with Crippen LogP contribution in [0.15, 0.2) is 23.0 Å². The molecule has 2 aromatic rings. The highest BCUT2D eigenvalue weighted by atomic mass is 16.6. The van der Waals surface area contributed by atoms with Crippen molar-refractivity contribution >= 4 is 28.9 Å². The summed E-state index contributed by atoms with van der Waals surface area (Å²) in [7, 11) is 1.71. The van der Waals surface area contributed by atoms with Gasteiger partial charge in [0, 0.05) is 26.6 Å². The lowest BCUT2D eigenvalue weighted by atomic mass is 10.0. The summed E-state index contributed by atoms with van der Waals surface area (Å²) in [5, 5.41) is 2.34. The average molecular weight is 487 g/mol. The highest BCUT2D eigenvalue weighted by Gasteiger charge is 2.32. The van der Waals surface area contributed by atoms with Crippen LogP contribution in [0.3, 0.4) is 0 Å². The van der Waals surface area contributed by atoms with Crippen molar-refractivity contribution in [2.75, 3.05) is 19.7 Å². The van der Waals surface area contributed by atoms with E-state index in [4.69, 9.17) is 9.47 Å². The second-order valence-corrected chi connectivity index (χ2v) is 10.3. The van der Waals surface area contributed by atoms with Crippen LogP contribution in [0.2, 0.25) is 0 Å². The first-order chi connectivity index (χ1) is 16.5. The van der Waals surface area contributed by atoms with Crippen molar-refractivity contribution in [3.63, 3.8) is 0 Å². The van der Waals surface area contributed by atoms with E-state index < -0.39 is 17.6 Å². The summed E-state index contributed by atoms with van der Waals surface area (Å²) in [6.45, 7) is 7.23. The highest BCUT2D eigenvalue weighted by Crippen LogP contribution is 2.26. The van der Waals surface area contributed by atoms with Gasteiger partial charge in [0.25, 0.3) is 0 Å². The molecule has 2 aliphatic rings. The van der Waals surface area contributed by atoms with E-state index >= 15 is 0 Å². The molecule has 3 amide bonds. The van der Waals surface area contributed by atoms with Gasteiger partial charge < -0.3 is 14.4 Å². The standard InChI is InChI=1S/C25H34N4O6/c1-25(2,3)35-24(33)28-13-12-17(15-28)34-14-6-8-16-7-5-9-18-21(16)27(4)23(32)29(18)19-10-11-20(30)26-22(19)31/h5,7,9,17,19H,6,8,10-15H2,1-4H3,(H,26,30,31)/t17-,19?/m1/s1. The van der Waals surface area contributed by atoms with Crippen molar-refractivity contribution in [1.82, 2.24) is 19.4 Å². The number of carbonyl (C=O) groups is 3. The Labute approximate surface area is 204 Å². The molecular formula is C25H34N4O6. The predicted molar refractivity (Wildman–Crippen MR) is 129 cm³/mol. The van der Waals surface area contributed by atoms with Crippen LogP contribution in [-0.2, 0) is 32.5 Å². The molecule has 3 heterocycles. The number of aryl methyl sites for hydroxylation is 2. The molecule has 4 rings (SSSR count). The van der Waals surface area contributed by atoms with Gasteiger partial charge in [-0.05, 0) is 58.1 Å². The third-order valence-corrected chi connectivity index (χ3v) is 6.45. The summed E-state index contributed by atoms with van der Waals surface area (Å²) in [5.74, 6) is -0.747. The van der Waals surface area contributed by atoms with Crippen molar-refractivity contribution in [1.29, 1.82) is 0 Å². The van der Waals surface area contributed by atoms with Crippen LogP contribution in [0, 0.1) is 0 Å². The number of piperidine rings is 1. The molecule has 2 atom stereocenters. The van der Waals surface area contributed by atoms with E-state index in [-0.39, 0.29) is 30.2 Å². The Morgan fingerprint density at radius 1 is 1.17 bits per heavy atom. The molecular weight excluding hydrogens is 452 g/mol. The van der Waals surface area contributed by atoms with Crippen LogP contribution < -0.4 is 11.0 Å². The first kappa shape index (κ1) is 25.0. The fourth-order valence-corrected chi connectivity index (χ4v) is 4.82. The number of nitrogens with one attached hydrogen (secondary N) is 1. The normalized spacial score (nSPS) is 21.0. The topological polar surface area (TPSA) is 112 Å². The first-order valence-electron chi connectivity index (χ1n) is 12.2. The minimum absolute atomic E-state index is 0.0173. The molecule has 2 fully saturated rings. The van der Waals surface area contributed by atoms with E-state index in [0.29, 0.717) is 38.1 Å². The molecule has 10 heteroatoms. The molecule has 2 aliphatic heterocycles. The zero-order chi connectivity index (χ0) is 25.3. The second-order valence-electron chi connectivity index (χ2n) is 10.3. The Hall–Kier alpha value is -3.14. The van der Waals surface area contributed by atoms with E-state index in [1.165, 1.54) is 4.57 Å². The van der Waals surface area contributed by atoms with Crippen LogP contribution in [0.5, 0.6) is 0 Å². The van der Waals surface area contributed by atoms with Crippen molar-refractivity contribution in [2.45, 2.75) is 70.6 Å². The van der Waals surface area contributed by atoms with E-state index in [2.05, 4.69) is 5.32 Å². The number of hydrogen-bond acceptors (Lipinski definition) is 6.